The van der Waals surface area contributed by atoms with Crippen molar-refractivity contribution in [3.8, 4) is 0 Å². The number of aryl methyl sites for hydroxylation is 1. The maximum absolute atomic E-state index is 9.11. The van der Waals surface area contributed by atoms with Gasteiger partial charge in [0.05, 0.1) is 6.61 Å². The molecule has 1 aromatic rings. The summed E-state index contributed by atoms with van der Waals surface area (Å²) in [5, 5.41) is 12.5. The van der Waals surface area contributed by atoms with Crippen LogP contribution in [0.2, 0.25) is 0 Å². The summed E-state index contributed by atoms with van der Waals surface area (Å²) in [6.45, 7) is 6.64. The number of hydrogen-bond acceptors (Lipinski definition) is 3. The van der Waals surface area contributed by atoms with E-state index in [1.807, 2.05) is 11.3 Å². The Labute approximate surface area is 96.3 Å². The van der Waals surface area contributed by atoms with Crippen LogP contribution in [0.15, 0.2) is 12.1 Å². The van der Waals surface area contributed by atoms with E-state index in [0.29, 0.717) is 6.04 Å². The molecule has 2 N–H and O–H groups in total. The summed E-state index contributed by atoms with van der Waals surface area (Å²) in [5.74, 6) is 0. The van der Waals surface area contributed by atoms with Gasteiger partial charge in [0, 0.05) is 21.8 Å². The molecule has 0 aliphatic carbocycles. The first-order valence-corrected chi connectivity index (χ1v) is 6.48. The topological polar surface area (TPSA) is 32.3 Å². The highest BCUT2D eigenvalue weighted by atomic mass is 32.1. The summed E-state index contributed by atoms with van der Waals surface area (Å²) in [4.78, 5) is 2.79. The fraction of sp³-hybridized carbons (Fsp3) is 0.667. The molecule has 15 heavy (non-hydrogen) atoms. The summed E-state index contributed by atoms with van der Waals surface area (Å²) in [7, 11) is 0. The van der Waals surface area contributed by atoms with Crippen molar-refractivity contribution in [2.45, 2.75) is 45.7 Å². The van der Waals surface area contributed by atoms with E-state index in [0.717, 1.165) is 12.8 Å². The fourth-order valence-electron chi connectivity index (χ4n) is 1.55. The predicted octanol–water partition coefficient (Wildman–Crippen LogP) is 2.73. The zero-order valence-corrected chi connectivity index (χ0v) is 10.6. The van der Waals surface area contributed by atoms with Crippen LogP contribution in [0.25, 0.3) is 0 Å². The summed E-state index contributed by atoms with van der Waals surface area (Å²) in [6, 6.07) is 4.93. The highest BCUT2D eigenvalue weighted by molar-refractivity contribution is 7.12. The van der Waals surface area contributed by atoms with E-state index >= 15 is 0 Å². The third-order valence-corrected chi connectivity index (χ3v) is 4.07. The van der Waals surface area contributed by atoms with E-state index in [9.17, 15) is 0 Å². The van der Waals surface area contributed by atoms with Crippen molar-refractivity contribution in [2.75, 3.05) is 6.61 Å². The van der Waals surface area contributed by atoms with Crippen LogP contribution in [-0.4, -0.2) is 17.8 Å². The molecule has 0 aliphatic rings. The molecule has 0 bridgehead atoms. The Morgan fingerprint density at radius 1 is 1.40 bits per heavy atom. The molecule has 1 unspecified atom stereocenters. The molecule has 1 rings (SSSR count). The second-order valence-corrected chi connectivity index (χ2v) is 5.03. The molecule has 1 heterocycles. The highest BCUT2D eigenvalue weighted by Gasteiger charge is 2.12. The largest absolute Gasteiger partial charge is 0.395 e. The average Bonchev–Trinajstić information content (AvgIpc) is 2.74. The van der Waals surface area contributed by atoms with Crippen LogP contribution >= 0.6 is 11.3 Å². The first-order valence-electron chi connectivity index (χ1n) is 5.66. The van der Waals surface area contributed by atoms with Crippen LogP contribution in [0.4, 0.5) is 0 Å². The Hall–Kier alpha value is -0.380. The Balaban J connectivity index is 2.55. The minimum Gasteiger partial charge on any atom is -0.395 e. The molecule has 3 heteroatoms. The minimum absolute atomic E-state index is 0.215. The van der Waals surface area contributed by atoms with Crippen LogP contribution < -0.4 is 5.32 Å². The number of rotatable bonds is 6. The fourth-order valence-corrected chi connectivity index (χ4v) is 2.52. The first kappa shape index (κ1) is 12.7. The van der Waals surface area contributed by atoms with Crippen molar-refractivity contribution in [1.82, 2.24) is 5.32 Å². The number of aliphatic hydroxyl groups is 1. The van der Waals surface area contributed by atoms with Gasteiger partial charge < -0.3 is 10.4 Å². The molecule has 0 spiro atoms. The van der Waals surface area contributed by atoms with E-state index < -0.39 is 0 Å². The van der Waals surface area contributed by atoms with Gasteiger partial charge in [-0.05, 0) is 31.9 Å². The van der Waals surface area contributed by atoms with Gasteiger partial charge in [0.2, 0.25) is 0 Å². The molecule has 0 saturated heterocycles. The lowest BCUT2D eigenvalue weighted by Crippen LogP contribution is -2.33. The zero-order valence-electron chi connectivity index (χ0n) is 9.79. The van der Waals surface area contributed by atoms with Gasteiger partial charge in [0.25, 0.3) is 0 Å². The van der Waals surface area contributed by atoms with Crippen LogP contribution in [0, 0.1) is 0 Å². The second kappa shape index (κ2) is 6.26. The molecular formula is C12H21NOS. The van der Waals surface area contributed by atoms with Gasteiger partial charge in [0.15, 0.2) is 0 Å². The molecule has 0 amide bonds. The molecule has 86 valence electrons. The van der Waals surface area contributed by atoms with E-state index in [4.69, 9.17) is 5.11 Å². The van der Waals surface area contributed by atoms with E-state index in [2.05, 4.69) is 38.2 Å². The van der Waals surface area contributed by atoms with E-state index in [1.165, 1.54) is 9.75 Å². The number of aliphatic hydroxyl groups excluding tert-OH is 1. The molecule has 0 radical (unpaired) electrons. The average molecular weight is 227 g/mol. The molecule has 0 aromatic carbocycles. The van der Waals surface area contributed by atoms with Gasteiger partial charge in [-0.25, -0.2) is 0 Å². The van der Waals surface area contributed by atoms with Crippen LogP contribution in [-0.2, 0) is 6.42 Å². The van der Waals surface area contributed by atoms with Gasteiger partial charge >= 0.3 is 0 Å². The smallest absolute Gasteiger partial charge is 0.0584 e. The Morgan fingerprint density at radius 3 is 2.60 bits per heavy atom. The Morgan fingerprint density at radius 2 is 2.13 bits per heavy atom. The first-order chi connectivity index (χ1) is 7.21. The van der Waals surface area contributed by atoms with Crippen LogP contribution in [0.1, 0.15) is 43.0 Å². The van der Waals surface area contributed by atoms with Gasteiger partial charge in [-0.1, -0.05) is 13.8 Å². The zero-order chi connectivity index (χ0) is 11.3. The van der Waals surface area contributed by atoms with Gasteiger partial charge in [0.1, 0.15) is 0 Å². The summed E-state index contributed by atoms with van der Waals surface area (Å²) >= 11 is 1.86. The quantitative estimate of drug-likeness (QED) is 0.783. The lowest BCUT2D eigenvalue weighted by molar-refractivity contribution is 0.230. The van der Waals surface area contributed by atoms with Crippen molar-refractivity contribution in [2.24, 2.45) is 0 Å². The van der Waals surface area contributed by atoms with Crippen molar-refractivity contribution >= 4 is 11.3 Å². The molecule has 0 fully saturated rings. The highest BCUT2D eigenvalue weighted by Crippen LogP contribution is 2.23. The minimum atomic E-state index is 0.215. The number of hydrogen-bond donors (Lipinski definition) is 2. The van der Waals surface area contributed by atoms with Crippen LogP contribution in [0.3, 0.4) is 0 Å². The van der Waals surface area contributed by atoms with Gasteiger partial charge in [-0.3, -0.25) is 0 Å². The summed E-state index contributed by atoms with van der Waals surface area (Å²) in [5.41, 5.74) is 0. The molecule has 0 saturated carbocycles. The SMILES string of the molecule is CCc1ccc(C(C)N[C@@H](CC)CO)s1. The monoisotopic (exact) mass is 227 g/mol. The number of thiophene rings is 1. The third-order valence-electron chi connectivity index (χ3n) is 2.66. The third kappa shape index (κ3) is 3.59. The lowest BCUT2D eigenvalue weighted by Gasteiger charge is -2.19. The van der Waals surface area contributed by atoms with E-state index in [1.54, 1.807) is 0 Å². The van der Waals surface area contributed by atoms with Crippen LogP contribution in [0.5, 0.6) is 0 Å². The van der Waals surface area contributed by atoms with Crippen molar-refractivity contribution in [1.29, 1.82) is 0 Å². The van der Waals surface area contributed by atoms with Gasteiger partial charge in [-0.15, -0.1) is 11.3 Å². The molecular weight excluding hydrogens is 206 g/mol. The van der Waals surface area contributed by atoms with Crippen molar-refractivity contribution < 1.29 is 5.11 Å². The summed E-state index contributed by atoms with van der Waals surface area (Å²) in [6.07, 6.45) is 2.07. The summed E-state index contributed by atoms with van der Waals surface area (Å²) < 4.78 is 0. The van der Waals surface area contributed by atoms with Gasteiger partial charge in [-0.2, -0.15) is 0 Å². The lowest BCUT2D eigenvalue weighted by atomic mass is 10.2. The molecule has 1 aromatic heterocycles. The maximum Gasteiger partial charge on any atom is 0.0584 e. The normalized spacial score (nSPS) is 15.2. The molecule has 0 aliphatic heterocycles. The van der Waals surface area contributed by atoms with Crippen molar-refractivity contribution in [3.63, 3.8) is 0 Å². The standard InChI is InChI=1S/C12H21NOS/c1-4-10(8-14)13-9(3)12-7-6-11(5-2)15-12/h6-7,9-10,13-14H,4-5,8H2,1-3H3/t9?,10-/m0/s1. The maximum atomic E-state index is 9.11. The van der Waals surface area contributed by atoms with Crippen molar-refractivity contribution in [3.05, 3.63) is 21.9 Å². The Kier molecular flexibility index (Phi) is 5.29. The molecule has 2 nitrogen and oxygen atoms in total. The van der Waals surface area contributed by atoms with E-state index in [-0.39, 0.29) is 12.6 Å². The predicted molar refractivity (Wildman–Crippen MR) is 66.4 cm³/mol. The number of nitrogens with one attached hydrogen (secondary N) is 1. The second-order valence-electron chi connectivity index (χ2n) is 3.83. The molecule has 2 atom stereocenters. The Bertz CT molecular complexity index is 281.